The largest absolute Gasteiger partial charge is 0.518 e. The first-order chi connectivity index (χ1) is 9.26. The van der Waals surface area contributed by atoms with Crippen molar-refractivity contribution >= 4 is 13.7 Å². The minimum absolute atomic E-state index is 0.116. The second-order valence-electron chi connectivity index (χ2n) is 6.74. The minimum atomic E-state index is -4.76. The molecule has 1 rings (SSSR count). The number of quaternary nitrogens is 1. The fourth-order valence-corrected chi connectivity index (χ4v) is 4.43. The molecule has 0 aromatic carbocycles. The summed E-state index contributed by atoms with van der Waals surface area (Å²) < 4.78 is 16.5. The number of phosphoric acid groups is 1. The molecule has 0 atom stereocenters. The SMILES string of the molecule is CO[N+]1(OP(=O)(O)O)C(C)(C)CC(NC(C)=O)CC1(C)C. The molecule has 0 unspecified atom stereocenters. The number of nitrogens with one attached hydrogen (secondary N) is 1. The molecule has 0 saturated carbocycles. The number of carbonyl (C=O) groups is 1. The van der Waals surface area contributed by atoms with Crippen LogP contribution in [0.15, 0.2) is 0 Å². The van der Waals surface area contributed by atoms with E-state index in [0.717, 1.165) is 0 Å². The Morgan fingerprint density at radius 2 is 1.67 bits per heavy atom. The second-order valence-corrected chi connectivity index (χ2v) is 7.88. The third-order valence-electron chi connectivity index (χ3n) is 3.97. The van der Waals surface area contributed by atoms with Gasteiger partial charge in [0.1, 0.15) is 0 Å². The molecule has 9 heteroatoms. The van der Waals surface area contributed by atoms with Crippen LogP contribution in [-0.2, 0) is 18.8 Å². The summed E-state index contributed by atoms with van der Waals surface area (Å²) in [6.07, 6.45) is 0.924. The maximum absolute atomic E-state index is 11.4. The molecule has 3 N–H and O–H groups in total. The van der Waals surface area contributed by atoms with Gasteiger partial charge in [0.15, 0.2) is 11.1 Å². The van der Waals surface area contributed by atoms with Gasteiger partial charge in [-0.1, -0.05) is 0 Å². The molecule has 21 heavy (non-hydrogen) atoms. The monoisotopic (exact) mass is 325 g/mol. The number of rotatable bonds is 4. The zero-order valence-electron chi connectivity index (χ0n) is 13.4. The van der Waals surface area contributed by atoms with E-state index in [0.29, 0.717) is 12.8 Å². The van der Waals surface area contributed by atoms with Crippen LogP contribution in [0.2, 0.25) is 0 Å². The predicted octanol–water partition coefficient (Wildman–Crippen LogP) is 1.24. The molecule has 1 fully saturated rings. The molecule has 0 aromatic heterocycles. The highest BCUT2D eigenvalue weighted by Crippen LogP contribution is 2.53. The Bertz CT molecular complexity index is 441. The van der Waals surface area contributed by atoms with Crippen molar-refractivity contribution in [3.8, 4) is 0 Å². The lowest BCUT2D eigenvalue weighted by atomic mass is 9.78. The third kappa shape index (κ3) is 3.64. The van der Waals surface area contributed by atoms with Gasteiger partial charge in [-0.25, -0.2) is 4.57 Å². The average molecular weight is 325 g/mol. The van der Waals surface area contributed by atoms with Crippen LogP contribution in [0.4, 0.5) is 0 Å². The van der Waals surface area contributed by atoms with Gasteiger partial charge >= 0.3 is 7.82 Å². The van der Waals surface area contributed by atoms with Crippen molar-refractivity contribution < 1.29 is 33.4 Å². The van der Waals surface area contributed by atoms with Crippen LogP contribution < -0.4 is 5.32 Å². The van der Waals surface area contributed by atoms with E-state index in [-0.39, 0.29) is 11.9 Å². The Morgan fingerprint density at radius 3 is 1.95 bits per heavy atom. The smallest absolute Gasteiger partial charge is 0.353 e. The van der Waals surface area contributed by atoms with Crippen LogP contribution in [0.1, 0.15) is 47.5 Å². The Hall–Kier alpha value is -0.500. The van der Waals surface area contributed by atoms with Crippen molar-refractivity contribution in [2.24, 2.45) is 0 Å². The number of nitrogens with zero attached hydrogens (tertiary/aromatic N) is 1. The van der Waals surface area contributed by atoms with Crippen molar-refractivity contribution in [1.29, 1.82) is 0 Å². The molecule has 124 valence electrons. The summed E-state index contributed by atoms with van der Waals surface area (Å²) in [5.74, 6) is -0.139. The van der Waals surface area contributed by atoms with Crippen LogP contribution in [0.3, 0.4) is 0 Å². The van der Waals surface area contributed by atoms with E-state index in [2.05, 4.69) is 5.32 Å². The summed E-state index contributed by atoms with van der Waals surface area (Å²) in [6, 6.07) is -0.116. The fourth-order valence-electron chi connectivity index (χ4n) is 3.63. The van der Waals surface area contributed by atoms with Crippen molar-refractivity contribution in [3.63, 3.8) is 0 Å². The van der Waals surface area contributed by atoms with Crippen LogP contribution in [0, 0.1) is 0 Å². The number of amides is 1. The maximum Gasteiger partial charge on any atom is 0.518 e. The van der Waals surface area contributed by atoms with E-state index < -0.39 is 23.7 Å². The fraction of sp³-hybridized carbons (Fsp3) is 0.917. The van der Waals surface area contributed by atoms with Gasteiger partial charge in [0, 0.05) is 25.8 Å². The third-order valence-corrected chi connectivity index (χ3v) is 4.41. The topological polar surface area (TPSA) is 105 Å². The zero-order chi connectivity index (χ0) is 16.7. The van der Waals surface area contributed by atoms with Crippen LogP contribution in [0.25, 0.3) is 0 Å². The van der Waals surface area contributed by atoms with Gasteiger partial charge in [-0.15, -0.1) is 0 Å². The standard InChI is InChI=1S/C12H25N2O6P/c1-9(15)13-10-7-11(2,3)14(19-6,12(4,5)8-10)20-21(16,17)18/h10H,7-8H2,1-6H3,(H2-,13,15,16,17,18)/p+1. The van der Waals surface area contributed by atoms with E-state index in [1.165, 1.54) is 14.0 Å². The van der Waals surface area contributed by atoms with Gasteiger partial charge in [-0.05, 0) is 37.1 Å². The highest BCUT2D eigenvalue weighted by molar-refractivity contribution is 7.46. The van der Waals surface area contributed by atoms with Crippen molar-refractivity contribution in [3.05, 3.63) is 0 Å². The van der Waals surface area contributed by atoms with Gasteiger partial charge in [0.25, 0.3) is 0 Å². The van der Waals surface area contributed by atoms with Gasteiger partial charge in [0.05, 0.1) is 7.11 Å². The van der Waals surface area contributed by atoms with Gasteiger partial charge < -0.3 is 5.32 Å². The lowest BCUT2D eigenvalue weighted by molar-refractivity contribution is -1.29. The summed E-state index contributed by atoms with van der Waals surface area (Å²) >= 11 is 0. The number of hydrogen-bond acceptors (Lipinski definition) is 4. The summed E-state index contributed by atoms with van der Waals surface area (Å²) in [6.45, 7) is 8.62. The molecule has 0 aromatic rings. The molecule has 1 aliphatic rings. The van der Waals surface area contributed by atoms with Crippen molar-refractivity contribution in [2.75, 3.05) is 7.11 Å². The summed E-state index contributed by atoms with van der Waals surface area (Å²) in [5.41, 5.74) is -1.55. The van der Waals surface area contributed by atoms with E-state index in [1.807, 2.05) is 0 Å². The molecule has 1 heterocycles. The normalized spacial score (nSPS) is 31.7. The average Bonchev–Trinajstić information content (AvgIpc) is 2.19. The maximum atomic E-state index is 11.4. The summed E-state index contributed by atoms with van der Waals surface area (Å²) in [7, 11) is -3.40. The second kappa shape index (κ2) is 5.61. The van der Waals surface area contributed by atoms with Crippen LogP contribution in [-0.4, -0.2) is 44.7 Å². The lowest BCUT2D eigenvalue weighted by Crippen LogP contribution is -2.75. The number of piperidine rings is 1. The molecular weight excluding hydrogens is 299 g/mol. The Kier molecular flexibility index (Phi) is 4.95. The van der Waals surface area contributed by atoms with E-state index in [4.69, 9.17) is 9.46 Å². The van der Waals surface area contributed by atoms with E-state index in [9.17, 15) is 19.1 Å². The van der Waals surface area contributed by atoms with Crippen LogP contribution in [0.5, 0.6) is 0 Å². The molecule has 1 aliphatic heterocycles. The molecular formula is C12H26N2O6P+. The van der Waals surface area contributed by atoms with Gasteiger partial charge in [-0.3, -0.25) is 14.6 Å². The number of hydroxylamine groups is 4. The van der Waals surface area contributed by atoms with Gasteiger partial charge in [0.2, 0.25) is 5.91 Å². The molecule has 0 spiro atoms. The molecule has 0 bridgehead atoms. The molecule has 1 amide bonds. The first-order valence-corrected chi connectivity index (χ1v) is 8.28. The summed E-state index contributed by atoms with van der Waals surface area (Å²) in [5, 5.41) is 2.86. The Labute approximate surface area is 125 Å². The van der Waals surface area contributed by atoms with E-state index >= 15 is 0 Å². The Morgan fingerprint density at radius 1 is 1.24 bits per heavy atom. The zero-order valence-corrected chi connectivity index (χ0v) is 14.3. The number of carbonyl (C=O) groups excluding carboxylic acids is 1. The predicted molar refractivity (Wildman–Crippen MR) is 75.4 cm³/mol. The molecule has 0 aliphatic carbocycles. The highest BCUT2D eigenvalue weighted by Gasteiger charge is 2.66. The van der Waals surface area contributed by atoms with Gasteiger partial charge in [-0.2, -0.15) is 4.84 Å². The first-order valence-electron chi connectivity index (χ1n) is 6.75. The van der Waals surface area contributed by atoms with E-state index in [1.54, 1.807) is 27.7 Å². The van der Waals surface area contributed by atoms with Crippen molar-refractivity contribution in [2.45, 2.75) is 64.6 Å². The molecule has 8 nitrogen and oxygen atoms in total. The van der Waals surface area contributed by atoms with Crippen molar-refractivity contribution in [1.82, 2.24) is 5.32 Å². The highest BCUT2D eigenvalue weighted by atomic mass is 31.2. The quantitative estimate of drug-likeness (QED) is 0.531. The van der Waals surface area contributed by atoms with Crippen LogP contribution >= 0.6 is 7.82 Å². The first kappa shape index (κ1) is 18.5. The summed E-state index contributed by atoms with van der Waals surface area (Å²) in [4.78, 5) is 34.6. The molecule has 0 radical (unpaired) electrons. The number of hydrogen-bond donors (Lipinski definition) is 3. The lowest BCUT2D eigenvalue weighted by Gasteiger charge is -2.55. The minimum Gasteiger partial charge on any atom is -0.353 e. The Balaban J connectivity index is 3.25. The molecule has 1 saturated heterocycles.